The summed E-state index contributed by atoms with van der Waals surface area (Å²) in [6, 6.07) is 3.71. The zero-order valence-corrected chi connectivity index (χ0v) is 20.4. The highest BCUT2D eigenvalue weighted by molar-refractivity contribution is 5.44. The van der Waals surface area contributed by atoms with Crippen molar-refractivity contribution in [3.8, 4) is 11.8 Å². The highest BCUT2D eigenvalue weighted by Gasteiger charge is 2.57. The van der Waals surface area contributed by atoms with Crippen LogP contribution < -0.4 is 20.9 Å². The molecule has 3 rings (SSSR count). The van der Waals surface area contributed by atoms with Gasteiger partial charge in [-0.15, -0.1) is 0 Å². The number of rotatable bonds is 7. The van der Waals surface area contributed by atoms with E-state index >= 15 is 0 Å². The third kappa shape index (κ3) is 10.8. The van der Waals surface area contributed by atoms with E-state index in [4.69, 9.17) is 25.7 Å². The Morgan fingerprint density at radius 2 is 1.35 bits per heavy atom. The first-order valence-electron chi connectivity index (χ1n) is 10.9. The summed E-state index contributed by atoms with van der Waals surface area (Å²) >= 11 is 0. The lowest BCUT2D eigenvalue weighted by molar-refractivity contribution is -0.142. The number of nitrogens with two attached hydrogens (primary N) is 2. The number of halogens is 8. The van der Waals surface area contributed by atoms with Gasteiger partial charge in [0.2, 0.25) is 11.8 Å². The number of hydrogen-bond acceptors (Lipinski definition) is 7. The van der Waals surface area contributed by atoms with Crippen LogP contribution in [-0.2, 0) is 17.1 Å². The first kappa shape index (κ1) is 31.9. The van der Waals surface area contributed by atoms with Crippen molar-refractivity contribution in [1.82, 2.24) is 9.97 Å². The Morgan fingerprint density at radius 3 is 1.76 bits per heavy atom. The fourth-order valence-corrected chi connectivity index (χ4v) is 2.59. The molecule has 0 aliphatic heterocycles. The number of nitrogen functional groups attached to an aromatic ring is 2. The number of aromatic nitrogens is 2. The zero-order valence-electron chi connectivity index (χ0n) is 20.4. The summed E-state index contributed by atoms with van der Waals surface area (Å²) < 4.78 is 114. The summed E-state index contributed by atoms with van der Waals surface area (Å²) in [6.45, 7) is 5.53. The van der Waals surface area contributed by atoms with E-state index in [1.54, 1.807) is 6.92 Å². The number of anilines is 2. The second-order valence-corrected chi connectivity index (χ2v) is 7.60. The van der Waals surface area contributed by atoms with E-state index in [1.807, 2.05) is 13.8 Å². The van der Waals surface area contributed by atoms with Gasteiger partial charge < -0.3 is 25.7 Å². The van der Waals surface area contributed by atoms with E-state index in [2.05, 4.69) is 9.97 Å². The number of nitrogens with zero attached hydrogens (tertiary/aromatic N) is 2. The second-order valence-electron chi connectivity index (χ2n) is 7.60. The van der Waals surface area contributed by atoms with Gasteiger partial charge in [-0.05, 0) is 19.1 Å². The van der Waals surface area contributed by atoms with Crippen molar-refractivity contribution in [2.24, 2.45) is 5.92 Å². The van der Waals surface area contributed by atoms with E-state index in [0.29, 0.717) is 6.07 Å². The van der Waals surface area contributed by atoms with Crippen LogP contribution in [0.3, 0.4) is 0 Å². The Kier molecular flexibility index (Phi) is 11.2. The van der Waals surface area contributed by atoms with Crippen LogP contribution in [0, 0.1) is 5.92 Å². The average molecular weight is 548 g/mol. The lowest BCUT2D eigenvalue weighted by Crippen LogP contribution is -2.19. The highest BCUT2D eigenvalue weighted by atomic mass is 19.4. The summed E-state index contributed by atoms with van der Waals surface area (Å²) in [7, 11) is 1.47. The lowest BCUT2D eigenvalue weighted by Gasteiger charge is -2.14. The largest absolute Gasteiger partial charge is 0.477 e. The van der Waals surface area contributed by atoms with Crippen molar-refractivity contribution in [2.75, 3.05) is 31.8 Å². The predicted molar refractivity (Wildman–Crippen MR) is 119 cm³/mol. The van der Waals surface area contributed by atoms with Gasteiger partial charge in [0.25, 0.3) is 5.92 Å². The quantitative estimate of drug-likeness (QED) is 0.419. The Hall–Kier alpha value is -3.10. The maximum atomic E-state index is 12.5. The smallest absolute Gasteiger partial charge is 0.433 e. The molecule has 2 aromatic rings. The lowest BCUT2D eigenvalue weighted by atomic mass is 10.3. The predicted octanol–water partition coefficient (Wildman–Crippen LogP) is 5.84. The van der Waals surface area contributed by atoms with Gasteiger partial charge in [-0.3, -0.25) is 0 Å². The number of methoxy groups -OCH3 is 1. The molecule has 210 valence electrons. The summed E-state index contributed by atoms with van der Waals surface area (Å²) in [5, 5.41) is 0. The molecule has 0 aromatic carbocycles. The van der Waals surface area contributed by atoms with Crippen molar-refractivity contribution < 1.29 is 49.3 Å². The number of ether oxygens (including phenoxy) is 3. The molecule has 7 nitrogen and oxygen atoms in total. The fraction of sp³-hybridized carbons (Fsp3) is 0.545. The van der Waals surface area contributed by atoms with Crippen molar-refractivity contribution in [2.45, 2.75) is 51.6 Å². The molecular formula is C22H28F8N4O3. The molecule has 0 amide bonds. The maximum absolute atomic E-state index is 12.5. The van der Waals surface area contributed by atoms with Gasteiger partial charge in [0.05, 0.1) is 19.1 Å². The minimum absolute atomic E-state index is 0.0491. The van der Waals surface area contributed by atoms with Crippen molar-refractivity contribution in [1.29, 1.82) is 0 Å². The molecular weight excluding hydrogens is 520 g/mol. The normalized spacial score (nSPS) is 16.9. The van der Waals surface area contributed by atoms with E-state index in [1.165, 1.54) is 13.2 Å². The van der Waals surface area contributed by atoms with Gasteiger partial charge in [0.1, 0.15) is 6.10 Å². The zero-order chi connectivity index (χ0) is 28.6. The van der Waals surface area contributed by atoms with E-state index in [-0.39, 0.29) is 36.9 Å². The Morgan fingerprint density at radius 1 is 0.919 bits per heavy atom. The Balaban J connectivity index is 0.000000348. The van der Waals surface area contributed by atoms with Crippen molar-refractivity contribution in [3.63, 3.8) is 0 Å². The first-order chi connectivity index (χ1) is 17.0. The summed E-state index contributed by atoms with van der Waals surface area (Å²) in [4.78, 5) is 6.52. The SMILES string of the molecule is CC.COCC(C)Oc1cc(N)cc(C(F)(F)F)n1.Nc1cc(OCC2CC2(F)F)nc(C(F)(F)F)c1. The first-order valence-corrected chi connectivity index (χ1v) is 10.9. The molecule has 2 unspecified atom stereocenters. The van der Waals surface area contributed by atoms with E-state index in [9.17, 15) is 35.1 Å². The van der Waals surface area contributed by atoms with Crippen LogP contribution in [0.4, 0.5) is 46.5 Å². The van der Waals surface area contributed by atoms with Crippen LogP contribution in [-0.4, -0.2) is 42.3 Å². The van der Waals surface area contributed by atoms with Crippen LogP contribution in [0.25, 0.3) is 0 Å². The molecule has 1 aliphatic rings. The van der Waals surface area contributed by atoms with Crippen LogP contribution in [0.15, 0.2) is 24.3 Å². The van der Waals surface area contributed by atoms with Crippen molar-refractivity contribution in [3.05, 3.63) is 35.7 Å². The van der Waals surface area contributed by atoms with E-state index < -0.39 is 47.6 Å². The van der Waals surface area contributed by atoms with Gasteiger partial charge in [0.15, 0.2) is 11.4 Å². The molecule has 4 N–H and O–H groups in total. The molecule has 15 heteroatoms. The fourth-order valence-electron chi connectivity index (χ4n) is 2.59. The Labute approximate surface area is 208 Å². The molecule has 1 saturated carbocycles. The van der Waals surface area contributed by atoms with Gasteiger partial charge in [-0.25, -0.2) is 18.7 Å². The third-order valence-corrected chi connectivity index (χ3v) is 4.34. The minimum Gasteiger partial charge on any atom is -0.477 e. The molecule has 0 saturated heterocycles. The monoisotopic (exact) mass is 548 g/mol. The molecule has 1 fully saturated rings. The molecule has 37 heavy (non-hydrogen) atoms. The van der Waals surface area contributed by atoms with Crippen molar-refractivity contribution >= 4 is 11.4 Å². The van der Waals surface area contributed by atoms with Crippen LogP contribution in [0.5, 0.6) is 11.8 Å². The third-order valence-electron chi connectivity index (χ3n) is 4.34. The topological polar surface area (TPSA) is 106 Å². The van der Waals surface area contributed by atoms with Gasteiger partial charge >= 0.3 is 12.4 Å². The molecule has 2 atom stereocenters. The minimum atomic E-state index is -4.66. The molecule has 0 radical (unpaired) electrons. The van der Waals surface area contributed by atoms with E-state index in [0.717, 1.165) is 12.1 Å². The van der Waals surface area contributed by atoms with Crippen LogP contribution in [0.2, 0.25) is 0 Å². The molecule has 1 aliphatic carbocycles. The van der Waals surface area contributed by atoms with Gasteiger partial charge in [-0.1, -0.05) is 13.8 Å². The molecule has 2 heterocycles. The maximum Gasteiger partial charge on any atom is 0.433 e. The van der Waals surface area contributed by atoms with Gasteiger partial charge in [0, 0.05) is 37.0 Å². The molecule has 0 spiro atoms. The van der Waals surface area contributed by atoms with Crippen LogP contribution >= 0.6 is 0 Å². The van der Waals surface area contributed by atoms with Crippen LogP contribution in [0.1, 0.15) is 38.6 Å². The standard InChI is InChI=1S/C10H9F5N2O.C10H13F3N2O2.C2H6/c11-9(12)3-5(9)4-18-8-2-6(16)1-7(17-8)10(13,14)15;1-6(5-16-2)17-9-4-7(14)3-8(15-9)10(11,12)13;1-2/h1-2,5H,3-4H2,(H2,16,17);3-4,6H,5H2,1-2H3,(H2,14,15);1-2H3. The summed E-state index contributed by atoms with van der Waals surface area (Å²) in [5.74, 6) is -4.31. The Bertz CT molecular complexity index is 1000. The summed E-state index contributed by atoms with van der Waals surface area (Å²) in [5.41, 5.74) is 8.10. The average Bonchev–Trinajstić information content (AvgIpc) is 3.38. The summed E-state index contributed by atoms with van der Waals surface area (Å²) in [6.07, 6.45) is -9.92. The molecule has 0 bridgehead atoms. The molecule has 2 aromatic heterocycles. The van der Waals surface area contributed by atoms with Gasteiger partial charge in [-0.2, -0.15) is 26.3 Å². The highest BCUT2D eigenvalue weighted by Crippen LogP contribution is 2.48. The second kappa shape index (κ2) is 12.9. The number of hydrogen-bond donors (Lipinski definition) is 2. The number of pyridine rings is 2. The number of alkyl halides is 8.